The van der Waals surface area contributed by atoms with Gasteiger partial charge in [-0.25, -0.2) is 0 Å². The van der Waals surface area contributed by atoms with Crippen LogP contribution in [0.4, 0.5) is 0 Å². The van der Waals surface area contributed by atoms with Crippen molar-refractivity contribution in [2.45, 2.75) is 52.5 Å². The van der Waals surface area contributed by atoms with E-state index in [1.165, 1.54) is 4.90 Å². The molecule has 1 atom stereocenters. The van der Waals surface area contributed by atoms with Gasteiger partial charge in [-0.1, -0.05) is 33.3 Å². The second-order valence-electron chi connectivity index (χ2n) is 7.94. The number of hydrogen-bond acceptors (Lipinski definition) is 5. The summed E-state index contributed by atoms with van der Waals surface area (Å²) in [6, 6.07) is 10.0. The van der Waals surface area contributed by atoms with E-state index in [2.05, 4.69) is 4.98 Å². The fourth-order valence-corrected chi connectivity index (χ4v) is 3.87. The number of pyridine rings is 1. The minimum absolute atomic E-state index is 0.0821. The lowest BCUT2D eigenvalue weighted by molar-refractivity contribution is -0.140. The largest absolute Gasteiger partial charge is 0.507 e. The van der Waals surface area contributed by atoms with Crippen LogP contribution in [0.25, 0.3) is 5.76 Å². The molecule has 2 heterocycles. The number of ketones is 1. The summed E-state index contributed by atoms with van der Waals surface area (Å²) >= 11 is 0. The number of amides is 1. The molecule has 0 spiro atoms. The second kappa shape index (κ2) is 9.77. The van der Waals surface area contributed by atoms with Crippen molar-refractivity contribution < 1.29 is 19.4 Å². The Bertz CT molecular complexity index is 982. The van der Waals surface area contributed by atoms with E-state index in [0.29, 0.717) is 24.4 Å². The second-order valence-corrected chi connectivity index (χ2v) is 7.94. The molecular formula is C25H30N2O4. The summed E-state index contributed by atoms with van der Waals surface area (Å²) in [4.78, 5) is 31.8. The van der Waals surface area contributed by atoms with E-state index in [0.717, 1.165) is 24.2 Å². The number of nitrogens with zero attached hydrogens (tertiary/aromatic N) is 2. The molecule has 0 saturated carbocycles. The van der Waals surface area contributed by atoms with Crippen LogP contribution in [0.3, 0.4) is 0 Å². The van der Waals surface area contributed by atoms with Crippen molar-refractivity contribution >= 4 is 17.4 Å². The Balaban J connectivity index is 2.15. The Kier molecular flexibility index (Phi) is 7.10. The lowest BCUT2D eigenvalue weighted by Crippen LogP contribution is -2.31. The molecule has 1 N–H and O–H groups in total. The van der Waals surface area contributed by atoms with Crippen molar-refractivity contribution in [2.75, 3.05) is 13.2 Å². The summed E-state index contributed by atoms with van der Waals surface area (Å²) < 4.78 is 5.71. The average Bonchev–Trinajstić information content (AvgIpc) is 3.02. The van der Waals surface area contributed by atoms with Crippen LogP contribution in [0.15, 0.2) is 48.2 Å². The maximum Gasteiger partial charge on any atom is 0.295 e. The van der Waals surface area contributed by atoms with Crippen LogP contribution in [0, 0.1) is 0 Å². The van der Waals surface area contributed by atoms with Gasteiger partial charge in [0.1, 0.15) is 17.6 Å². The number of likely N-dealkylation sites (tertiary alicyclic amines) is 1. The number of carbonyl (C=O) groups excluding carboxylic acids is 2. The Labute approximate surface area is 183 Å². The van der Waals surface area contributed by atoms with Gasteiger partial charge in [0.15, 0.2) is 0 Å². The topological polar surface area (TPSA) is 79.7 Å². The standard InChI is InChI=1S/C25H30N2O4/c1-5-7-14-27-22(19-10-8-9-13-26-19)21(24(29)25(27)30)23(28)17-11-12-20(31-6-2)18(15-17)16(3)4/h8-13,15-16,22,28H,5-7,14H2,1-4H3/b23-21-. The molecule has 6 nitrogen and oxygen atoms in total. The lowest BCUT2D eigenvalue weighted by atomic mass is 9.94. The molecule has 1 aliphatic rings. The van der Waals surface area contributed by atoms with Crippen molar-refractivity contribution in [1.82, 2.24) is 9.88 Å². The van der Waals surface area contributed by atoms with Crippen molar-refractivity contribution in [3.05, 3.63) is 65.0 Å². The van der Waals surface area contributed by atoms with E-state index < -0.39 is 17.7 Å². The molecule has 0 bridgehead atoms. The molecule has 0 radical (unpaired) electrons. The highest BCUT2D eigenvalue weighted by atomic mass is 16.5. The van der Waals surface area contributed by atoms with Crippen molar-refractivity contribution in [1.29, 1.82) is 0 Å². The smallest absolute Gasteiger partial charge is 0.295 e. The van der Waals surface area contributed by atoms with Crippen LogP contribution in [-0.4, -0.2) is 39.8 Å². The first-order valence-corrected chi connectivity index (χ1v) is 10.9. The zero-order chi connectivity index (χ0) is 22.5. The van der Waals surface area contributed by atoms with E-state index in [1.54, 1.807) is 30.5 Å². The number of hydrogen-bond donors (Lipinski definition) is 1. The predicted molar refractivity (Wildman–Crippen MR) is 120 cm³/mol. The van der Waals surface area contributed by atoms with Crippen molar-refractivity contribution in [3.63, 3.8) is 0 Å². The van der Waals surface area contributed by atoms with Crippen LogP contribution in [0.1, 0.15) is 69.3 Å². The van der Waals surface area contributed by atoms with Gasteiger partial charge in [0.05, 0.1) is 17.9 Å². The van der Waals surface area contributed by atoms with Gasteiger partial charge in [0, 0.05) is 18.3 Å². The van der Waals surface area contributed by atoms with E-state index in [9.17, 15) is 14.7 Å². The Morgan fingerprint density at radius 1 is 1.19 bits per heavy atom. The van der Waals surface area contributed by atoms with Crippen LogP contribution in [0.5, 0.6) is 5.75 Å². The third-order valence-corrected chi connectivity index (χ3v) is 5.47. The maximum atomic E-state index is 13.0. The molecule has 31 heavy (non-hydrogen) atoms. The minimum Gasteiger partial charge on any atom is -0.507 e. The predicted octanol–water partition coefficient (Wildman–Crippen LogP) is 4.83. The molecule has 1 unspecified atom stereocenters. The normalized spacial score (nSPS) is 18.1. The van der Waals surface area contributed by atoms with Crippen LogP contribution >= 0.6 is 0 Å². The fourth-order valence-electron chi connectivity index (χ4n) is 3.87. The van der Waals surface area contributed by atoms with Crippen molar-refractivity contribution in [2.24, 2.45) is 0 Å². The number of aromatic nitrogens is 1. The first-order chi connectivity index (χ1) is 14.9. The van der Waals surface area contributed by atoms with Crippen LogP contribution in [-0.2, 0) is 9.59 Å². The highest BCUT2D eigenvalue weighted by molar-refractivity contribution is 6.46. The van der Waals surface area contributed by atoms with Crippen molar-refractivity contribution in [3.8, 4) is 5.75 Å². The average molecular weight is 423 g/mol. The SMILES string of the molecule is CCCCN1C(=O)C(=O)/C(=C(\O)c2ccc(OCC)c(C(C)C)c2)C1c1ccccn1. The third kappa shape index (κ3) is 4.48. The summed E-state index contributed by atoms with van der Waals surface area (Å²) in [5.41, 5.74) is 2.06. The molecular weight excluding hydrogens is 392 g/mol. The first kappa shape index (κ1) is 22.5. The molecule has 0 aliphatic carbocycles. The molecule has 1 saturated heterocycles. The summed E-state index contributed by atoms with van der Waals surface area (Å²) in [5, 5.41) is 11.2. The number of benzene rings is 1. The molecule has 3 rings (SSSR count). The number of aliphatic hydroxyl groups is 1. The Hall–Kier alpha value is -3.15. The number of aliphatic hydroxyl groups excluding tert-OH is 1. The van der Waals surface area contributed by atoms with Gasteiger partial charge < -0.3 is 14.7 Å². The molecule has 1 aromatic heterocycles. The Morgan fingerprint density at radius 2 is 1.97 bits per heavy atom. The zero-order valence-electron chi connectivity index (χ0n) is 18.6. The number of carbonyl (C=O) groups is 2. The van der Waals surface area contributed by atoms with Gasteiger partial charge in [0.25, 0.3) is 11.7 Å². The quantitative estimate of drug-likeness (QED) is 0.375. The fraction of sp³-hybridized carbons (Fsp3) is 0.400. The highest BCUT2D eigenvalue weighted by Gasteiger charge is 2.46. The number of ether oxygens (including phenoxy) is 1. The van der Waals surface area contributed by atoms with E-state index in [4.69, 9.17) is 4.74 Å². The highest BCUT2D eigenvalue weighted by Crippen LogP contribution is 2.39. The van der Waals surface area contributed by atoms with Gasteiger partial charge in [-0.2, -0.15) is 0 Å². The summed E-state index contributed by atoms with van der Waals surface area (Å²) in [6.07, 6.45) is 3.27. The molecule has 1 amide bonds. The summed E-state index contributed by atoms with van der Waals surface area (Å²) in [7, 11) is 0. The zero-order valence-corrected chi connectivity index (χ0v) is 18.6. The molecule has 164 valence electrons. The van der Waals surface area contributed by atoms with Gasteiger partial charge in [0.2, 0.25) is 0 Å². The van der Waals surface area contributed by atoms with Gasteiger partial charge in [-0.05, 0) is 55.2 Å². The molecule has 1 fully saturated rings. The van der Waals surface area contributed by atoms with Crippen LogP contribution in [0.2, 0.25) is 0 Å². The first-order valence-electron chi connectivity index (χ1n) is 10.9. The Morgan fingerprint density at radius 3 is 2.58 bits per heavy atom. The van der Waals surface area contributed by atoms with Gasteiger partial charge in [-0.15, -0.1) is 0 Å². The molecule has 1 aliphatic heterocycles. The number of unbranched alkanes of at least 4 members (excludes halogenated alkanes) is 1. The number of rotatable bonds is 8. The monoisotopic (exact) mass is 422 g/mol. The van der Waals surface area contributed by atoms with E-state index in [1.807, 2.05) is 39.8 Å². The molecule has 1 aromatic carbocycles. The summed E-state index contributed by atoms with van der Waals surface area (Å²) in [5.74, 6) is -0.547. The van der Waals surface area contributed by atoms with Gasteiger partial charge in [-0.3, -0.25) is 14.6 Å². The maximum absolute atomic E-state index is 13.0. The lowest BCUT2D eigenvalue weighted by Gasteiger charge is -2.24. The van der Waals surface area contributed by atoms with E-state index >= 15 is 0 Å². The van der Waals surface area contributed by atoms with Gasteiger partial charge >= 0.3 is 0 Å². The summed E-state index contributed by atoms with van der Waals surface area (Å²) in [6.45, 7) is 8.99. The number of Topliss-reactive ketones (excluding diaryl/α,β-unsaturated/α-hetero) is 1. The van der Waals surface area contributed by atoms with Crippen LogP contribution < -0.4 is 4.74 Å². The molecule has 2 aromatic rings. The molecule has 6 heteroatoms. The third-order valence-electron chi connectivity index (χ3n) is 5.47. The van der Waals surface area contributed by atoms with E-state index in [-0.39, 0.29) is 17.3 Å². The minimum atomic E-state index is -0.707.